The Morgan fingerprint density at radius 2 is 1.81 bits per heavy atom. The average Bonchev–Trinajstić information content (AvgIpc) is 2.36. The van der Waals surface area contributed by atoms with Crippen molar-refractivity contribution < 1.29 is 9.59 Å². The van der Waals surface area contributed by atoms with Crippen molar-refractivity contribution in [3.8, 4) is 0 Å². The van der Waals surface area contributed by atoms with Gasteiger partial charge in [-0.05, 0) is 58.4 Å². The van der Waals surface area contributed by atoms with Crippen molar-refractivity contribution in [1.82, 2.24) is 10.6 Å². The molecule has 5 nitrogen and oxygen atoms in total. The quantitative estimate of drug-likeness (QED) is 0.795. The number of anilines is 1. The van der Waals surface area contributed by atoms with E-state index in [9.17, 15) is 9.59 Å². The third-order valence-corrected chi connectivity index (χ3v) is 3.00. The summed E-state index contributed by atoms with van der Waals surface area (Å²) >= 11 is 0. The van der Waals surface area contributed by atoms with Gasteiger partial charge in [-0.1, -0.05) is 0 Å². The lowest BCUT2D eigenvalue weighted by atomic mass is 10.1. The Bertz CT molecular complexity index is 533. The summed E-state index contributed by atoms with van der Waals surface area (Å²) < 4.78 is 0. The van der Waals surface area contributed by atoms with Gasteiger partial charge in [0.2, 0.25) is 5.91 Å². The van der Waals surface area contributed by atoms with Gasteiger partial charge in [-0.15, -0.1) is 0 Å². The molecule has 5 heteroatoms. The summed E-state index contributed by atoms with van der Waals surface area (Å²) in [4.78, 5) is 24.2. The smallest absolute Gasteiger partial charge is 0.252 e. The van der Waals surface area contributed by atoms with Crippen LogP contribution in [-0.4, -0.2) is 30.4 Å². The van der Waals surface area contributed by atoms with Gasteiger partial charge in [0, 0.05) is 23.8 Å². The molecule has 1 unspecified atom stereocenters. The standard InChI is InChI=1S/C16H25N3O2/c1-10-9-12(17-6)7-8-13(10)15(21)18-11(2)14(20)19-16(3,4)5/h7-9,11,17H,1-6H3,(H,18,21)(H,19,20). The minimum absolute atomic E-state index is 0.194. The molecule has 0 saturated heterocycles. The highest BCUT2D eigenvalue weighted by molar-refractivity contribution is 5.98. The molecule has 1 atom stereocenters. The third-order valence-electron chi connectivity index (χ3n) is 3.00. The first-order valence-electron chi connectivity index (χ1n) is 7.05. The van der Waals surface area contributed by atoms with E-state index in [1.54, 1.807) is 13.0 Å². The summed E-state index contributed by atoms with van der Waals surface area (Å²) in [6, 6.07) is 4.90. The lowest BCUT2D eigenvalue weighted by Gasteiger charge is -2.23. The summed E-state index contributed by atoms with van der Waals surface area (Å²) in [5, 5.41) is 8.59. The van der Waals surface area contributed by atoms with Crippen LogP contribution < -0.4 is 16.0 Å². The second-order valence-electron chi connectivity index (χ2n) is 6.21. The molecule has 0 aliphatic heterocycles. The van der Waals surface area contributed by atoms with Gasteiger partial charge in [-0.2, -0.15) is 0 Å². The molecular weight excluding hydrogens is 266 g/mol. The summed E-state index contributed by atoms with van der Waals surface area (Å²) in [6.45, 7) is 9.26. The maximum Gasteiger partial charge on any atom is 0.252 e. The first kappa shape index (κ1) is 17.0. The van der Waals surface area contributed by atoms with Gasteiger partial charge in [0.15, 0.2) is 0 Å². The summed E-state index contributed by atoms with van der Waals surface area (Å²) in [5.41, 5.74) is 2.07. The minimum atomic E-state index is -0.583. The molecule has 0 radical (unpaired) electrons. The van der Waals surface area contributed by atoms with Gasteiger partial charge in [-0.25, -0.2) is 0 Å². The van der Waals surface area contributed by atoms with E-state index in [0.717, 1.165) is 11.3 Å². The molecule has 0 heterocycles. The molecular formula is C16H25N3O2. The minimum Gasteiger partial charge on any atom is -0.388 e. The molecule has 0 aliphatic rings. The predicted octanol–water partition coefficient (Wildman–Crippen LogP) is 2.07. The van der Waals surface area contributed by atoms with E-state index in [2.05, 4.69) is 16.0 Å². The lowest BCUT2D eigenvalue weighted by molar-refractivity contribution is -0.124. The highest BCUT2D eigenvalue weighted by Gasteiger charge is 2.21. The molecule has 0 spiro atoms. The van der Waals surface area contributed by atoms with Crippen LogP contribution in [0.4, 0.5) is 5.69 Å². The Labute approximate surface area is 126 Å². The van der Waals surface area contributed by atoms with E-state index in [0.29, 0.717) is 5.56 Å². The summed E-state index contributed by atoms with van der Waals surface area (Å²) in [6.07, 6.45) is 0. The monoisotopic (exact) mass is 291 g/mol. The lowest BCUT2D eigenvalue weighted by Crippen LogP contribution is -2.50. The van der Waals surface area contributed by atoms with Gasteiger partial charge < -0.3 is 16.0 Å². The van der Waals surface area contributed by atoms with E-state index in [-0.39, 0.29) is 17.4 Å². The number of aryl methyl sites for hydroxylation is 1. The van der Waals surface area contributed by atoms with Crippen molar-refractivity contribution in [2.24, 2.45) is 0 Å². The van der Waals surface area contributed by atoms with Crippen molar-refractivity contribution in [3.63, 3.8) is 0 Å². The van der Waals surface area contributed by atoms with Crippen LogP contribution in [-0.2, 0) is 4.79 Å². The van der Waals surface area contributed by atoms with Crippen LogP contribution in [0.2, 0.25) is 0 Å². The summed E-state index contributed by atoms with van der Waals surface area (Å²) in [5.74, 6) is -0.438. The van der Waals surface area contributed by atoms with Crippen LogP contribution in [0, 0.1) is 6.92 Å². The molecule has 1 aromatic rings. The van der Waals surface area contributed by atoms with Gasteiger partial charge in [0.25, 0.3) is 5.91 Å². The van der Waals surface area contributed by atoms with Crippen molar-refractivity contribution in [3.05, 3.63) is 29.3 Å². The first-order valence-corrected chi connectivity index (χ1v) is 7.05. The normalized spacial score (nSPS) is 12.5. The summed E-state index contributed by atoms with van der Waals surface area (Å²) in [7, 11) is 1.83. The third kappa shape index (κ3) is 5.10. The molecule has 21 heavy (non-hydrogen) atoms. The molecule has 2 amide bonds. The molecule has 116 valence electrons. The van der Waals surface area contributed by atoms with E-state index in [1.165, 1.54) is 0 Å². The number of carbonyl (C=O) groups excluding carboxylic acids is 2. The van der Waals surface area contributed by atoms with Crippen LogP contribution in [0.5, 0.6) is 0 Å². The number of nitrogens with one attached hydrogen (secondary N) is 3. The topological polar surface area (TPSA) is 70.2 Å². The van der Waals surface area contributed by atoms with Crippen LogP contribution in [0.15, 0.2) is 18.2 Å². The van der Waals surface area contributed by atoms with E-state index in [1.807, 2.05) is 46.9 Å². The van der Waals surface area contributed by atoms with E-state index >= 15 is 0 Å². The van der Waals surface area contributed by atoms with Crippen molar-refractivity contribution in [2.75, 3.05) is 12.4 Å². The maximum absolute atomic E-state index is 12.2. The Balaban J connectivity index is 2.75. The Kier molecular flexibility index (Phi) is 5.35. The second-order valence-corrected chi connectivity index (χ2v) is 6.21. The predicted molar refractivity (Wildman–Crippen MR) is 85.5 cm³/mol. The van der Waals surface area contributed by atoms with Crippen LogP contribution in [0.25, 0.3) is 0 Å². The van der Waals surface area contributed by atoms with E-state index in [4.69, 9.17) is 0 Å². The molecule has 0 bridgehead atoms. The molecule has 0 aliphatic carbocycles. The Hall–Kier alpha value is -2.04. The fourth-order valence-electron chi connectivity index (χ4n) is 1.89. The van der Waals surface area contributed by atoms with Crippen molar-refractivity contribution in [1.29, 1.82) is 0 Å². The van der Waals surface area contributed by atoms with Gasteiger partial charge in [0.1, 0.15) is 6.04 Å². The molecule has 3 N–H and O–H groups in total. The second kappa shape index (κ2) is 6.61. The zero-order valence-electron chi connectivity index (χ0n) is 13.6. The highest BCUT2D eigenvalue weighted by Crippen LogP contribution is 2.14. The van der Waals surface area contributed by atoms with Crippen molar-refractivity contribution in [2.45, 2.75) is 46.2 Å². The first-order chi connectivity index (χ1) is 9.64. The van der Waals surface area contributed by atoms with Crippen LogP contribution >= 0.6 is 0 Å². The molecule has 1 rings (SSSR count). The molecule has 0 aromatic heterocycles. The molecule has 1 aromatic carbocycles. The number of benzene rings is 1. The fourth-order valence-corrected chi connectivity index (χ4v) is 1.89. The van der Waals surface area contributed by atoms with Gasteiger partial charge in [-0.3, -0.25) is 9.59 Å². The molecule has 0 saturated carbocycles. The van der Waals surface area contributed by atoms with Gasteiger partial charge in [0.05, 0.1) is 0 Å². The number of hydrogen-bond acceptors (Lipinski definition) is 3. The van der Waals surface area contributed by atoms with Crippen LogP contribution in [0.3, 0.4) is 0 Å². The maximum atomic E-state index is 12.2. The van der Waals surface area contributed by atoms with Crippen LogP contribution in [0.1, 0.15) is 43.6 Å². The average molecular weight is 291 g/mol. The molecule has 0 fully saturated rings. The number of hydrogen-bond donors (Lipinski definition) is 3. The largest absolute Gasteiger partial charge is 0.388 e. The zero-order valence-corrected chi connectivity index (χ0v) is 13.6. The van der Waals surface area contributed by atoms with E-state index < -0.39 is 6.04 Å². The van der Waals surface area contributed by atoms with Gasteiger partial charge >= 0.3 is 0 Å². The number of rotatable bonds is 4. The van der Waals surface area contributed by atoms with Crippen molar-refractivity contribution >= 4 is 17.5 Å². The fraction of sp³-hybridized carbons (Fsp3) is 0.500. The number of amides is 2. The Morgan fingerprint density at radius 1 is 1.19 bits per heavy atom. The number of carbonyl (C=O) groups is 2. The zero-order chi connectivity index (χ0) is 16.2. The Morgan fingerprint density at radius 3 is 2.29 bits per heavy atom. The highest BCUT2D eigenvalue weighted by atomic mass is 16.2. The SMILES string of the molecule is CNc1ccc(C(=O)NC(C)C(=O)NC(C)(C)C)c(C)c1.